The van der Waals surface area contributed by atoms with E-state index in [2.05, 4.69) is 0 Å². The number of aliphatic carboxylic acids is 1. The van der Waals surface area contributed by atoms with E-state index in [0.717, 1.165) is 10.5 Å². The van der Waals surface area contributed by atoms with Gasteiger partial charge in [-0.15, -0.1) is 0 Å². The zero-order valence-corrected chi connectivity index (χ0v) is 11.6. The average molecular weight is 297 g/mol. The normalized spacial score (nSPS) is 15.7. The van der Waals surface area contributed by atoms with Crippen LogP contribution in [-0.4, -0.2) is 47.4 Å². The number of carbonyl (C=O) groups is 3. The molecule has 0 unspecified atom stereocenters. The Morgan fingerprint density at radius 2 is 1.90 bits per heavy atom. The number of hydrogen-bond acceptors (Lipinski definition) is 4. The van der Waals surface area contributed by atoms with Crippen molar-refractivity contribution in [2.45, 2.75) is 6.92 Å². The lowest BCUT2D eigenvalue weighted by atomic mass is 10.2. The second-order valence-corrected chi connectivity index (χ2v) is 4.96. The van der Waals surface area contributed by atoms with E-state index in [1.54, 1.807) is 23.1 Å². The highest BCUT2D eigenvalue weighted by atomic mass is 35.5. The van der Waals surface area contributed by atoms with Crippen molar-refractivity contribution in [2.24, 2.45) is 0 Å². The first-order valence-corrected chi connectivity index (χ1v) is 6.32. The van der Waals surface area contributed by atoms with Gasteiger partial charge in [-0.3, -0.25) is 19.3 Å². The molecule has 2 rings (SSSR count). The second-order valence-electron chi connectivity index (χ2n) is 4.56. The summed E-state index contributed by atoms with van der Waals surface area (Å²) in [5, 5.41) is 9.23. The van der Waals surface area contributed by atoms with E-state index < -0.39 is 24.3 Å². The summed E-state index contributed by atoms with van der Waals surface area (Å²) in [5.74, 6) is -2.26. The Balaban J connectivity index is 2.18. The van der Waals surface area contributed by atoms with Gasteiger partial charge in [0.25, 0.3) is 0 Å². The van der Waals surface area contributed by atoms with Gasteiger partial charge in [0.15, 0.2) is 0 Å². The molecule has 1 aromatic carbocycles. The van der Waals surface area contributed by atoms with Crippen LogP contribution in [0, 0.1) is 6.92 Å². The van der Waals surface area contributed by atoms with Crippen molar-refractivity contribution in [1.82, 2.24) is 4.90 Å². The highest BCUT2D eigenvalue weighted by Gasteiger charge is 2.32. The van der Waals surface area contributed by atoms with Crippen LogP contribution >= 0.6 is 11.6 Å². The average Bonchev–Trinajstić information content (AvgIpc) is 2.36. The van der Waals surface area contributed by atoms with E-state index in [1.165, 1.54) is 0 Å². The van der Waals surface area contributed by atoms with Crippen LogP contribution in [0.5, 0.6) is 0 Å². The van der Waals surface area contributed by atoms with E-state index in [1.807, 2.05) is 6.92 Å². The minimum Gasteiger partial charge on any atom is -0.480 e. The summed E-state index contributed by atoms with van der Waals surface area (Å²) >= 11 is 6.02. The van der Waals surface area contributed by atoms with Gasteiger partial charge in [0.05, 0.1) is 13.1 Å². The first-order valence-electron chi connectivity index (χ1n) is 5.94. The van der Waals surface area contributed by atoms with Gasteiger partial charge >= 0.3 is 5.97 Å². The van der Waals surface area contributed by atoms with E-state index in [-0.39, 0.29) is 13.1 Å². The molecule has 2 amide bonds. The van der Waals surface area contributed by atoms with Crippen LogP contribution in [0.3, 0.4) is 0 Å². The molecule has 0 atom stereocenters. The van der Waals surface area contributed by atoms with Gasteiger partial charge in [-0.2, -0.15) is 0 Å². The first kappa shape index (κ1) is 14.3. The summed E-state index contributed by atoms with van der Waals surface area (Å²) in [4.78, 5) is 36.6. The molecule has 1 N–H and O–H groups in total. The van der Waals surface area contributed by atoms with Crippen molar-refractivity contribution in [3.05, 3.63) is 28.8 Å². The number of hydrogen-bond donors (Lipinski definition) is 1. The number of rotatable bonds is 3. The van der Waals surface area contributed by atoms with E-state index in [9.17, 15) is 14.4 Å². The fourth-order valence-electron chi connectivity index (χ4n) is 1.96. The van der Waals surface area contributed by atoms with E-state index in [4.69, 9.17) is 16.7 Å². The Morgan fingerprint density at radius 3 is 2.40 bits per heavy atom. The topological polar surface area (TPSA) is 77.9 Å². The second kappa shape index (κ2) is 5.50. The van der Waals surface area contributed by atoms with Gasteiger partial charge in [0.2, 0.25) is 11.8 Å². The number of benzene rings is 1. The summed E-state index contributed by atoms with van der Waals surface area (Å²) in [6, 6.07) is 5.26. The Kier molecular flexibility index (Phi) is 3.94. The van der Waals surface area contributed by atoms with Crippen LogP contribution in [-0.2, 0) is 14.4 Å². The minimum absolute atomic E-state index is 0.0432. The van der Waals surface area contributed by atoms with Crippen LogP contribution in [0.15, 0.2) is 18.2 Å². The van der Waals surface area contributed by atoms with E-state index in [0.29, 0.717) is 10.7 Å². The maximum absolute atomic E-state index is 11.8. The van der Waals surface area contributed by atoms with Gasteiger partial charge in [-0.1, -0.05) is 17.7 Å². The SMILES string of the molecule is Cc1ccc(N2CC(=O)N(CC(=O)O)C(=O)C2)cc1Cl. The largest absolute Gasteiger partial charge is 0.480 e. The number of piperazine rings is 1. The lowest BCUT2D eigenvalue weighted by molar-refractivity contribution is -0.153. The van der Waals surface area contributed by atoms with Crippen LogP contribution in [0.1, 0.15) is 5.56 Å². The molecule has 20 heavy (non-hydrogen) atoms. The van der Waals surface area contributed by atoms with Crippen molar-refractivity contribution in [2.75, 3.05) is 24.5 Å². The monoisotopic (exact) mass is 296 g/mol. The van der Waals surface area contributed by atoms with Gasteiger partial charge in [-0.25, -0.2) is 0 Å². The van der Waals surface area contributed by atoms with Crippen LogP contribution < -0.4 is 4.90 Å². The number of halogens is 1. The fraction of sp³-hybridized carbons (Fsp3) is 0.308. The van der Waals surface area contributed by atoms with Crippen molar-refractivity contribution in [3.8, 4) is 0 Å². The van der Waals surface area contributed by atoms with Crippen molar-refractivity contribution in [1.29, 1.82) is 0 Å². The minimum atomic E-state index is -1.21. The first-order chi connectivity index (χ1) is 9.38. The zero-order valence-electron chi connectivity index (χ0n) is 10.8. The van der Waals surface area contributed by atoms with Gasteiger partial charge in [-0.05, 0) is 24.6 Å². The fourth-order valence-corrected chi connectivity index (χ4v) is 2.14. The lowest BCUT2D eigenvalue weighted by Crippen LogP contribution is -2.55. The molecule has 0 saturated carbocycles. The van der Waals surface area contributed by atoms with Gasteiger partial charge in [0, 0.05) is 10.7 Å². The highest BCUT2D eigenvalue weighted by Crippen LogP contribution is 2.24. The van der Waals surface area contributed by atoms with E-state index >= 15 is 0 Å². The van der Waals surface area contributed by atoms with Gasteiger partial charge in [0.1, 0.15) is 6.54 Å². The number of nitrogens with zero attached hydrogens (tertiary/aromatic N) is 2. The maximum atomic E-state index is 11.8. The van der Waals surface area contributed by atoms with Crippen molar-refractivity contribution in [3.63, 3.8) is 0 Å². The van der Waals surface area contributed by atoms with Crippen molar-refractivity contribution >= 4 is 35.1 Å². The Morgan fingerprint density at radius 1 is 1.30 bits per heavy atom. The molecule has 0 bridgehead atoms. The molecule has 1 heterocycles. The molecule has 0 spiro atoms. The Bertz CT molecular complexity index is 570. The molecule has 1 aromatic rings. The summed E-state index contributed by atoms with van der Waals surface area (Å²) < 4.78 is 0. The predicted molar refractivity (Wildman–Crippen MR) is 72.8 cm³/mol. The summed E-state index contributed by atoms with van der Waals surface area (Å²) in [6.45, 7) is 1.17. The molecular formula is C13H13ClN2O4. The molecule has 0 aliphatic carbocycles. The molecule has 1 aliphatic heterocycles. The number of imide groups is 1. The third-order valence-electron chi connectivity index (χ3n) is 3.07. The summed E-state index contributed by atoms with van der Waals surface area (Å²) in [5.41, 5.74) is 1.56. The summed E-state index contributed by atoms with van der Waals surface area (Å²) in [7, 11) is 0. The number of aryl methyl sites for hydroxylation is 1. The molecular weight excluding hydrogens is 284 g/mol. The number of amides is 2. The number of carboxylic acids is 1. The van der Waals surface area contributed by atoms with Gasteiger partial charge < -0.3 is 10.0 Å². The van der Waals surface area contributed by atoms with Crippen LogP contribution in [0.4, 0.5) is 5.69 Å². The zero-order chi connectivity index (χ0) is 14.9. The Hall–Kier alpha value is -2.08. The van der Waals surface area contributed by atoms with Crippen LogP contribution in [0.25, 0.3) is 0 Å². The number of anilines is 1. The number of carboxylic acid groups (broad SMARTS) is 1. The molecule has 1 aliphatic rings. The molecule has 1 saturated heterocycles. The summed E-state index contributed by atoms with van der Waals surface area (Å²) in [6.07, 6.45) is 0. The predicted octanol–water partition coefficient (Wildman–Crippen LogP) is 0.908. The molecule has 6 nitrogen and oxygen atoms in total. The number of carbonyl (C=O) groups excluding carboxylic acids is 2. The third-order valence-corrected chi connectivity index (χ3v) is 3.48. The molecule has 0 aromatic heterocycles. The highest BCUT2D eigenvalue weighted by molar-refractivity contribution is 6.31. The molecule has 106 valence electrons. The molecule has 1 fully saturated rings. The van der Waals surface area contributed by atoms with Crippen molar-refractivity contribution < 1.29 is 19.5 Å². The Labute approximate surface area is 120 Å². The molecule has 0 radical (unpaired) electrons. The third kappa shape index (κ3) is 2.91. The maximum Gasteiger partial charge on any atom is 0.323 e. The molecule has 7 heteroatoms. The smallest absolute Gasteiger partial charge is 0.323 e. The lowest BCUT2D eigenvalue weighted by Gasteiger charge is -2.33. The standard InChI is InChI=1S/C13H13ClN2O4/c1-8-2-3-9(4-10(8)14)15-5-11(17)16(7-13(19)20)12(18)6-15/h2-4H,5-7H2,1H3,(H,19,20). The quantitative estimate of drug-likeness (QED) is 0.839. The van der Waals surface area contributed by atoms with Crippen LogP contribution in [0.2, 0.25) is 5.02 Å².